The van der Waals surface area contributed by atoms with Crippen molar-refractivity contribution < 1.29 is 4.74 Å². The van der Waals surface area contributed by atoms with Gasteiger partial charge in [0.05, 0.1) is 5.69 Å². The summed E-state index contributed by atoms with van der Waals surface area (Å²) in [5, 5.41) is 4.83. The molecule has 2 fully saturated rings. The molecule has 4 rings (SSSR count). The molecule has 2 aromatic rings. The maximum atomic E-state index is 12.8. The molecule has 2 heterocycles. The molecule has 148 valence electrons. The van der Waals surface area contributed by atoms with Crippen molar-refractivity contribution in [2.45, 2.75) is 84.2 Å². The quantitative estimate of drug-likeness (QED) is 0.882. The monoisotopic (exact) mass is 372 g/mol. The average molecular weight is 373 g/mol. The largest absolute Gasteiger partial charge is 0.370 e. The van der Waals surface area contributed by atoms with Gasteiger partial charge in [-0.15, -0.1) is 5.10 Å². The van der Waals surface area contributed by atoms with Gasteiger partial charge in [-0.25, -0.2) is 9.50 Å². The van der Waals surface area contributed by atoms with Gasteiger partial charge in [-0.2, -0.15) is 0 Å². The van der Waals surface area contributed by atoms with Crippen LogP contribution >= 0.6 is 0 Å². The summed E-state index contributed by atoms with van der Waals surface area (Å²) in [6, 6.07) is 0. The van der Waals surface area contributed by atoms with Crippen molar-refractivity contribution in [1.29, 1.82) is 0 Å². The van der Waals surface area contributed by atoms with Crippen molar-refractivity contribution in [2.75, 3.05) is 7.11 Å². The molecule has 6 heteroatoms. The fourth-order valence-electron chi connectivity index (χ4n) is 4.68. The maximum absolute atomic E-state index is 12.8. The first-order valence-corrected chi connectivity index (χ1v) is 10.4. The van der Waals surface area contributed by atoms with Crippen LogP contribution in [0.4, 0.5) is 0 Å². The molecule has 2 aliphatic rings. The van der Waals surface area contributed by atoms with E-state index in [1.807, 2.05) is 11.4 Å². The second-order valence-corrected chi connectivity index (χ2v) is 9.45. The number of aryl methyl sites for hydroxylation is 1. The first-order chi connectivity index (χ1) is 12.8. The molecule has 0 aromatic carbocycles. The lowest BCUT2D eigenvalue weighted by Gasteiger charge is -2.36. The molecule has 0 radical (unpaired) electrons. The number of nitrogens with zero attached hydrogens (tertiary/aromatic N) is 3. The second-order valence-electron chi connectivity index (χ2n) is 9.45. The molecule has 0 unspecified atom stereocenters. The minimum absolute atomic E-state index is 0.0951. The van der Waals surface area contributed by atoms with Gasteiger partial charge in [0, 0.05) is 13.0 Å². The van der Waals surface area contributed by atoms with Crippen LogP contribution in [0, 0.1) is 11.3 Å². The van der Waals surface area contributed by atoms with Gasteiger partial charge in [-0.05, 0) is 56.3 Å². The number of aromatic nitrogens is 4. The topological polar surface area (TPSA) is 72.3 Å². The molecule has 6 nitrogen and oxygen atoms in total. The second kappa shape index (κ2) is 6.43. The van der Waals surface area contributed by atoms with Crippen LogP contribution in [0.2, 0.25) is 0 Å². The van der Waals surface area contributed by atoms with E-state index in [9.17, 15) is 4.79 Å². The van der Waals surface area contributed by atoms with Crippen molar-refractivity contribution in [2.24, 2.45) is 11.3 Å². The Hall–Kier alpha value is -1.69. The number of rotatable bonds is 4. The van der Waals surface area contributed by atoms with Crippen molar-refractivity contribution in [3.05, 3.63) is 27.7 Å². The molecule has 0 aliphatic heterocycles. The Labute approximate surface area is 160 Å². The zero-order valence-electron chi connectivity index (χ0n) is 17.3. The van der Waals surface area contributed by atoms with Gasteiger partial charge in [0.15, 0.2) is 11.3 Å². The minimum Gasteiger partial charge on any atom is -0.370 e. The lowest BCUT2D eigenvalue weighted by atomic mass is 9.70. The Balaban J connectivity index is 1.74. The van der Waals surface area contributed by atoms with Crippen LogP contribution in [-0.4, -0.2) is 26.7 Å². The van der Waals surface area contributed by atoms with Crippen LogP contribution in [0.1, 0.15) is 89.5 Å². The van der Waals surface area contributed by atoms with Crippen LogP contribution in [0.3, 0.4) is 0 Å². The van der Waals surface area contributed by atoms with Gasteiger partial charge < -0.3 is 9.72 Å². The third kappa shape index (κ3) is 3.12. The third-order valence-corrected chi connectivity index (χ3v) is 6.78. The van der Waals surface area contributed by atoms with E-state index < -0.39 is 5.60 Å². The van der Waals surface area contributed by atoms with Crippen molar-refractivity contribution in [1.82, 2.24) is 19.6 Å². The van der Waals surface area contributed by atoms with Crippen molar-refractivity contribution >= 4 is 5.52 Å². The van der Waals surface area contributed by atoms with Crippen LogP contribution in [0.25, 0.3) is 5.52 Å². The Kier molecular flexibility index (Phi) is 4.45. The summed E-state index contributed by atoms with van der Waals surface area (Å²) in [6.07, 6.45) is 7.19. The van der Waals surface area contributed by atoms with E-state index in [0.29, 0.717) is 22.7 Å². The summed E-state index contributed by atoms with van der Waals surface area (Å²) >= 11 is 0. The number of H-pyrrole nitrogens is 1. The van der Waals surface area contributed by atoms with Gasteiger partial charge in [0.2, 0.25) is 0 Å². The molecule has 0 spiro atoms. The molecule has 1 N–H and O–H groups in total. The summed E-state index contributed by atoms with van der Waals surface area (Å²) in [6.45, 7) is 9.06. The SMILES string of the molecule is CCc1nc([C@H]2CC[C@@H](C(C)(C)C)CC2)n2nc(C3(OC)CC3)[nH]c(=O)c12. The van der Waals surface area contributed by atoms with E-state index in [4.69, 9.17) is 14.8 Å². The van der Waals surface area contributed by atoms with E-state index in [1.54, 1.807) is 7.11 Å². The smallest absolute Gasteiger partial charge is 0.277 e. The Morgan fingerprint density at radius 3 is 2.41 bits per heavy atom. The molecule has 2 aliphatic carbocycles. The van der Waals surface area contributed by atoms with Crippen LogP contribution in [-0.2, 0) is 16.8 Å². The predicted octanol–water partition coefficient (Wildman–Crippen LogP) is 3.94. The van der Waals surface area contributed by atoms with Gasteiger partial charge in [-0.1, -0.05) is 27.7 Å². The molecule has 0 amide bonds. The van der Waals surface area contributed by atoms with Crippen LogP contribution < -0.4 is 5.56 Å². The predicted molar refractivity (Wildman–Crippen MR) is 105 cm³/mol. The van der Waals surface area contributed by atoms with Crippen LogP contribution in [0.5, 0.6) is 0 Å². The highest BCUT2D eigenvalue weighted by Gasteiger charge is 2.48. The number of imidazole rings is 1. The molecule has 0 saturated heterocycles. The summed E-state index contributed by atoms with van der Waals surface area (Å²) in [5.74, 6) is 2.73. The van der Waals surface area contributed by atoms with Gasteiger partial charge in [0.25, 0.3) is 5.56 Å². The standard InChI is InChI=1S/C21H32N4O2/c1-6-15-16-18(26)23-19(21(27-5)11-12-21)24-25(16)17(22-15)13-7-9-14(10-8-13)20(2,3)4/h13-14H,6-12H2,1-5H3,(H,23,24,26)/t13-,14+. The molecular weight excluding hydrogens is 340 g/mol. The number of aromatic amines is 1. The fourth-order valence-corrected chi connectivity index (χ4v) is 4.68. The number of nitrogens with one attached hydrogen (secondary N) is 1. The lowest BCUT2D eigenvalue weighted by Crippen LogP contribution is -2.27. The highest BCUT2D eigenvalue weighted by atomic mass is 16.5. The molecule has 27 heavy (non-hydrogen) atoms. The van der Waals surface area contributed by atoms with E-state index in [-0.39, 0.29) is 5.56 Å². The summed E-state index contributed by atoms with van der Waals surface area (Å²) in [5.41, 5.74) is 1.31. The molecular formula is C21H32N4O2. The molecule has 0 bridgehead atoms. The summed E-state index contributed by atoms with van der Waals surface area (Å²) in [4.78, 5) is 20.7. The van der Waals surface area contributed by atoms with E-state index in [1.165, 1.54) is 12.8 Å². The number of fused-ring (bicyclic) bond motifs is 1. The number of ether oxygens (including phenoxy) is 1. The summed E-state index contributed by atoms with van der Waals surface area (Å²) < 4.78 is 7.48. The zero-order chi connectivity index (χ0) is 19.4. The van der Waals surface area contributed by atoms with Crippen molar-refractivity contribution in [3.63, 3.8) is 0 Å². The third-order valence-electron chi connectivity index (χ3n) is 6.78. The first-order valence-electron chi connectivity index (χ1n) is 10.4. The molecule has 2 saturated carbocycles. The Bertz CT molecular complexity index is 893. The summed E-state index contributed by atoms with van der Waals surface area (Å²) in [7, 11) is 1.69. The van der Waals surface area contributed by atoms with E-state index >= 15 is 0 Å². The molecule has 2 aromatic heterocycles. The van der Waals surface area contributed by atoms with Crippen LogP contribution in [0.15, 0.2) is 4.79 Å². The van der Waals surface area contributed by atoms with Gasteiger partial charge in [0.1, 0.15) is 11.4 Å². The fraction of sp³-hybridized carbons (Fsp3) is 0.762. The Morgan fingerprint density at radius 2 is 1.89 bits per heavy atom. The Morgan fingerprint density at radius 1 is 1.22 bits per heavy atom. The van der Waals surface area contributed by atoms with Gasteiger partial charge >= 0.3 is 0 Å². The first kappa shape index (κ1) is 18.7. The highest BCUT2D eigenvalue weighted by Crippen LogP contribution is 2.47. The maximum Gasteiger partial charge on any atom is 0.277 e. The molecule has 0 atom stereocenters. The van der Waals surface area contributed by atoms with Gasteiger partial charge in [-0.3, -0.25) is 4.79 Å². The average Bonchev–Trinajstić information content (AvgIpc) is 3.35. The number of hydrogen-bond donors (Lipinski definition) is 1. The zero-order valence-corrected chi connectivity index (χ0v) is 17.3. The van der Waals surface area contributed by atoms with Crippen molar-refractivity contribution in [3.8, 4) is 0 Å². The number of methoxy groups -OCH3 is 1. The number of hydrogen-bond acceptors (Lipinski definition) is 4. The van der Waals surface area contributed by atoms with E-state index in [2.05, 4.69) is 25.8 Å². The highest BCUT2D eigenvalue weighted by molar-refractivity contribution is 5.51. The normalized spacial score (nSPS) is 25.1. The minimum atomic E-state index is -0.412. The van der Waals surface area contributed by atoms with E-state index in [0.717, 1.165) is 49.5 Å². The lowest BCUT2D eigenvalue weighted by molar-refractivity contribution is 0.0696.